The van der Waals surface area contributed by atoms with E-state index in [4.69, 9.17) is 5.11 Å². The first-order chi connectivity index (χ1) is 10.2. The van der Waals surface area contributed by atoms with Crippen LogP contribution in [-0.2, 0) is 12.2 Å². The van der Waals surface area contributed by atoms with E-state index < -0.39 is 0 Å². The van der Waals surface area contributed by atoms with Crippen molar-refractivity contribution in [2.24, 2.45) is 0 Å². The number of amides is 1. The van der Waals surface area contributed by atoms with Crippen LogP contribution < -0.4 is 5.32 Å². The number of nitrogens with one attached hydrogen (secondary N) is 1. The summed E-state index contributed by atoms with van der Waals surface area (Å²) in [5, 5.41) is 11.8. The molecular formula is C17H19NO2S. The number of anilines is 1. The lowest BCUT2D eigenvalue weighted by Crippen LogP contribution is -2.12. The maximum atomic E-state index is 12.2. The molecule has 0 aromatic heterocycles. The highest BCUT2D eigenvalue weighted by atomic mass is 32.2. The van der Waals surface area contributed by atoms with Gasteiger partial charge < -0.3 is 10.4 Å². The van der Waals surface area contributed by atoms with Gasteiger partial charge in [0.2, 0.25) is 0 Å². The van der Waals surface area contributed by atoms with Gasteiger partial charge in [0.15, 0.2) is 0 Å². The molecule has 0 aliphatic heterocycles. The van der Waals surface area contributed by atoms with E-state index in [0.717, 1.165) is 22.6 Å². The van der Waals surface area contributed by atoms with Crippen LogP contribution in [0.25, 0.3) is 0 Å². The van der Waals surface area contributed by atoms with Gasteiger partial charge in [0, 0.05) is 23.6 Å². The van der Waals surface area contributed by atoms with Crippen LogP contribution in [-0.4, -0.2) is 23.9 Å². The summed E-state index contributed by atoms with van der Waals surface area (Å²) in [6, 6.07) is 15.2. The first-order valence-electron chi connectivity index (χ1n) is 6.82. The molecule has 0 radical (unpaired) electrons. The highest BCUT2D eigenvalue weighted by molar-refractivity contribution is 7.97. The van der Waals surface area contributed by atoms with Crippen molar-refractivity contribution in [3.05, 3.63) is 65.2 Å². The second-order valence-corrected chi connectivity index (χ2v) is 5.62. The highest BCUT2D eigenvalue weighted by Crippen LogP contribution is 2.14. The maximum absolute atomic E-state index is 12.2. The van der Waals surface area contributed by atoms with Crippen molar-refractivity contribution >= 4 is 23.4 Å². The fourth-order valence-corrected chi connectivity index (χ4v) is 2.57. The zero-order chi connectivity index (χ0) is 15.1. The van der Waals surface area contributed by atoms with Crippen molar-refractivity contribution in [3.8, 4) is 0 Å². The van der Waals surface area contributed by atoms with Crippen molar-refractivity contribution in [2.75, 3.05) is 18.2 Å². The van der Waals surface area contributed by atoms with Gasteiger partial charge in [-0.25, -0.2) is 0 Å². The average molecular weight is 301 g/mol. The molecule has 2 aromatic rings. The molecule has 0 spiro atoms. The average Bonchev–Trinajstić information content (AvgIpc) is 2.50. The standard InChI is InChI=1S/C17H19NO2S/c1-21-12-14-3-2-4-15(11-14)17(20)18-16-7-5-13(6-8-16)9-10-19/h2-8,11,19H,9-10,12H2,1H3,(H,18,20). The van der Waals surface area contributed by atoms with Crippen LogP contribution in [0.3, 0.4) is 0 Å². The van der Waals surface area contributed by atoms with Crippen LogP contribution in [0.1, 0.15) is 21.5 Å². The molecule has 0 atom stereocenters. The lowest BCUT2D eigenvalue weighted by molar-refractivity contribution is 0.102. The molecule has 0 heterocycles. The van der Waals surface area contributed by atoms with Gasteiger partial charge in [0.1, 0.15) is 0 Å². The van der Waals surface area contributed by atoms with E-state index in [1.165, 1.54) is 0 Å². The molecule has 2 rings (SSSR count). The van der Waals surface area contributed by atoms with Crippen LogP contribution in [0.5, 0.6) is 0 Å². The Bertz CT molecular complexity index is 596. The van der Waals surface area contributed by atoms with E-state index in [0.29, 0.717) is 12.0 Å². The molecule has 21 heavy (non-hydrogen) atoms. The summed E-state index contributed by atoms with van der Waals surface area (Å²) in [6.45, 7) is 0.133. The SMILES string of the molecule is CSCc1cccc(C(=O)Nc2ccc(CCO)cc2)c1. The van der Waals surface area contributed by atoms with E-state index in [9.17, 15) is 4.79 Å². The van der Waals surface area contributed by atoms with Crippen LogP contribution >= 0.6 is 11.8 Å². The van der Waals surface area contributed by atoms with Crippen molar-refractivity contribution in [2.45, 2.75) is 12.2 Å². The molecule has 0 saturated carbocycles. The molecule has 110 valence electrons. The molecule has 0 unspecified atom stereocenters. The van der Waals surface area contributed by atoms with Gasteiger partial charge in [0.05, 0.1) is 0 Å². The summed E-state index contributed by atoms with van der Waals surface area (Å²) < 4.78 is 0. The molecule has 0 fully saturated rings. The minimum atomic E-state index is -0.104. The Morgan fingerprint density at radius 1 is 1.14 bits per heavy atom. The Labute approximate surface area is 129 Å². The molecule has 2 N–H and O–H groups in total. The van der Waals surface area contributed by atoms with Gasteiger partial charge in [-0.05, 0) is 48.1 Å². The molecular weight excluding hydrogens is 282 g/mol. The fraction of sp³-hybridized carbons (Fsp3) is 0.235. The third kappa shape index (κ3) is 4.62. The van der Waals surface area contributed by atoms with Gasteiger partial charge in [-0.1, -0.05) is 24.3 Å². The fourth-order valence-electron chi connectivity index (χ4n) is 2.06. The number of benzene rings is 2. The molecule has 0 bridgehead atoms. The van der Waals surface area contributed by atoms with E-state index in [1.54, 1.807) is 11.8 Å². The van der Waals surface area contributed by atoms with Gasteiger partial charge in [-0.3, -0.25) is 4.79 Å². The van der Waals surface area contributed by atoms with Crippen molar-refractivity contribution in [1.82, 2.24) is 0 Å². The number of hydrogen-bond donors (Lipinski definition) is 2. The number of aliphatic hydroxyl groups is 1. The quantitative estimate of drug-likeness (QED) is 0.860. The van der Waals surface area contributed by atoms with Crippen molar-refractivity contribution in [3.63, 3.8) is 0 Å². The molecule has 2 aromatic carbocycles. The van der Waals surface area contributed by atoms with Gasteiger partial charge in [-0.2, -0.15) is 11.8 Å². The molecule has 0 saturated heterocycles. The monoisotopic (exact) mass is 301 g/mol. The van der Waals surface area contributed by atoms with Crippen LogP contribution in [0.4, 0.5) is 5.69 Å². The van der Waals surface area contributed by atoms with E-state index in [2.05, 4.69) is 5.32 Å². The minimum Gasteiger partial charge on any atom is -0.396 e. The zero-order valence-corrected chi connectivity index (χ0v) is 12.8. The maximum Gasteiger partial charge on any atom is 0.255 e. The Morgan fingerprint density at radius 3 is 2.57 bits per heavy atom. The highest BCUT2D eigenvalue weighted by Gasteiger charge is 2.06. The third-order valence-electron chi connectivity index (χ3n) is 3.11. The number of carbonyl (C=O) groups is 1. The lowest BCUT2D eigenvalue weighted by atomic mass is 10.1. The number of carbonyl (C=O) groups excluding carboxylic acids is 1. The van der Waals surface area contributed by atoms with Gasteiger partial charge in [-0.15, -0.1) is 0 Å². The normalized spacial score (nSPS) is 10.4. The lowest BCUT2D eigenvalue weighted by Gasteiger charge is -2.07. The second-order valence-electron chi connectivity index (χ2n) is 4.76. The summed E-state index contributed by atoms with van der Waals surface area (Å²) in [5.74, 6) is 0.796. The smallest absolute Gasteiger partial charge is 0.255 e. The van der Waals surface area contributed by atoms with E-state index >= 15 is 0 Å². The van der Waals surface area contributed by atoms with Gasteiger partial charge >= 0.3 is 0 Å². The predicted molar refractivity (Wildman–Crippen MR) is 88.8 cm³/mol. The van der Waals surface area contributed by atoms with Crippen LogP contribution in [0.15, 0.2) is 48.5 Å². The van der Waals surface area contributed by atoms with E-state index in [1.807, 2.05) is 54.8 Å². The molecule has 4 heteroatoms. The number of aliphatic hydroxyl groups excluding tert-OH is 1. The third-order valence-corrected chi connectivity index (χ3v) is 3.73. The summed E-state index contributed by atoms with van der Waals surface area (Å²) in [6.07, 6.45) is 2.67. The Balaban J connectivity index is 2.05. The Kier molecular flexibility index (Phi) is 5.84. The molecule has 3 nitrogen and oxygen atoms in total. The van der Waals surface area contributed by atoms with Crippen molar-refractivity contribution in [1.29, 1.82) is 0 Å². The van der Waals surface area contributed by atoms with Crippen LogP contribution in [0.2, 0.25) is 0 Å². The first kappa shape index (κ1) is 15.6. The topological polar surface area (TPSA) is 49.3 Å². The predicted octanol–water partition coefficient (Wildman–Crippen LogP) is 3.34. The number of hydrogen-bond acceptors (Lipinski definition) is 3. The summed E-state index contributed by atoms with van der Waals surface area (Å²) in [4.78, 5) is 12.2. The van der Waals surface area contributed by atoms with E-state index in [-0.39, 0.29) is 12.5 Å². The summed E-state index contributed by atoms with van der Waals surface area (Å²) in [5.41, 5.74) is 3.63. The number of rotatable bonds is 6. The summed E-state index contributed by atoms with van der Waals surface area (Å²) in [7, 11) is 0. The molecule has 0 aliphatic rings. The number of thioether (sulfide) groups is 1. The van der Waals surface area contributed by atoms with Crippen LogP contribution in [0, 0.1) is 0 Å². The zero-order valence-electron chi connectivity index (χ0n) is 12.0. The molecule has 1 amide bonds. The second kappa shape index (κ2) is 7.86. The Morgan fingerprint density at radius 2 is 1.90 bits per heavy atom. The minimum absolute atomic E-state index is 0.104. The Hall–Kier alpha value is -1.78. The summed E-state index contributed by atoms with van der Waals surface area (Å²) >= 11 is 1.73. The largest absolute Gasteiger partial charge is 0.396 e. The first-order valence-corrected chi connectivity index (χ1v) is 8.21. The van der Waals surface area contributed by atoms with Gasteiger partial charge in [0.25, 0.3) is 5.91 Å². The molecule has 0 aliphatic carbocycles. The van der Waals surface area contributed by atoms with Crippen molar-refractivity contribution < 1.29 is 9.90 Å².